The van der Waals surface area contributed by atoms with Crippen LogP contribution in [0.5, 0.6) is 0 Å². The van der Waals surface area contributed by atoms with E-state index in [0.717, 1.165) is 28.6 Å². The molecule has 0 aliphatic rings. The molecule has 102 valence electrons. The zero-order chi connectivity index (χ0) is 13.8. The number of oxazole rings is 1. The van der Waals surface area contributed by atoms with Gasteiger partial charge in [-0.15, -0.1) is 0 Å². The molecule has 0 unspecified atom stereocenters. The van der Waals surface area contributed by atoms with E-state index in [2.05, 4.69) is 35.2 Å². The van der Waals surface area contributed by atoms with Gasteiger partial charge in [0.25, 0.3) is 5.22 Å². The van der Waals surface area contributed by atoms with E-state index in [1.165, 1.54) is 11.8 Å². The summed E-state index contributed by atoms with van der Waals surface area (Å²) in [6.07, 6.45) is 1.80. The summed E-state index contributed by atoms with van der Waals surface area (Å²) in [6, 6.07) is 4.48. The number of rotatable bonds is 5. The van der Waals surface area contributed by atoms with Gasteiger partial charge < -0.3 is 9.73 Å². The van der Waals surface area contributed by atoms with E-state index in [1.54, 1.807) is 6.20 Å². The molecule has 2 heterocycles. The van der Waals surface area contributed by atoms with Crippen molar-refractivity contribution in [2.24, 2.45) is 0 Å². The van der Waals surface area contributed by atoms with E-state index in [0.29, 0.717) is 11.3 Å². The molecule has 0 saturated carbocycles. The fourth-order valence-corrected chi connectivity index (χ4v) is 2.43. The third-order valence-electron chi connectivity index (χ3n) is 2.74. The van der Waals surface area contributed by atoms with Crippen LogP contribution >= 0.6 is 11.8 Å². The minimum Gasteiger partial charge on any atom is -0.436 e. The van der Waals surface area contributed by atoms with Crippen LogP contribution in [0, 0.1) is 13.8 Å². The summed E-state index contributed by atoms with van der Waals surface area (Å²) in [7, 11) is 0. The molecule has 0 atom stereocenters. The number of hydrogen-bond acceptors (Lipinski definition) is 5. The zero-order valence-corrected chi connectivity index (χ0v) is 12.5. The first-order chi connectivity index (χ1) is 9.06. The number of aromatic nitrogens is 2. The number of pyridine rings is 1. The number of hydrogen-bond donors (Lipinski definition) is 1. The van der Waals surface area contributed by atoms with Gasteiger partial charge in [0.2, 0.25) is 0 Å². The molecule has 4 nitrogen and oxygen atoms in total. The van der Waals surface area contributed by atoms with Gasteiger partial charge in [-0.25, -0.2) is 9.97 Å². The Morgan fingerprint density at radius 2 is 2.16 bits per heavy atom. The molecule has 1 N–H and O–H groups in total. The second-order valence-corrected chi connectivity index (χ2v) is 5.67. The molecule has 2 aromatic rings. The van der Waals surface area contributed by atoms with Crippen molar-refractivity contribution in [3.63, 3.8) is 0 Å². The highest BCUT2D eigenvalue weighted by molar-refractivity contribution is 7.99. The van der Waals surface area contributed by atoms with Crippen LogP contribution < -0.4 is 5.32 Å². The second kappa shape index (κ2) is 6.21. The molecule has 0 spiro atoms. The minimum absolute atomic E-state index is 0.448. The largest absolute Gasteiger partial charge is 0.436 e. The maximum Gasteiger partial charge on any atom is 0.262 e. The van der Waals surface area contributed by atoms with E-state index < -0.39 is 0 Å². The van der Waals surface area contributed by atoms with Gasteiger partial charge in [-0.2, -0.15) is 0 Å². The zero-order valence-electron chi connectivity index (χ0n) is 11.7. The van der Waals surface area contributed by atoms with Crippen molar-refractivity contribution in [2.45, 2.75) is 50.5 Å². The maximum atomic E-state index is 5.59. The fourth-order valence-electron chi connectivity index (χ4n) is 1.53. The molecule has 0 aliphatic carbocycles. The Morgan fingerprint density at radius 1 is 1.37 bits per heavy atom. The Balaban J connectivity index is 2.15. The molecular formula is C14H19N3OS. The van der Waals surface area contributed by atoms with Crippen LogP contribution in [0.15, 0.2) is 33.0 Å². The topological polar surface area (TPSA) is 51.0 Å². The number of nitrogens with zero attached hydrogens (tertiary/aromatic N) is 2. The predicted molar refractivity (Wildman–Crippen MR) is 76.3 cm³/mol. The van der Waals surface area contributed by atoms with Crippen molar-refractivity contribution in [1.82, 2.24) is 15.3 Å². The Morgan fingerprint density at radius 3 is 2.79 bits per heavy atom. The summed E-state index contributed by atoms with van der Waals surface area (Å²) in [5.41, 5.74) is 2.09. The van der Waals surface area contributed by atoms with E-state index in [9.17, 15) is 0 Å². The smallest absolute Gasteiger partial charge is 0.262 e. The molecule has 0 bridgehead atoms. The predicted octanol–water partition coefficient (Wildman–Crippen LogP) is 3.34. The monoisotopic (exact) mass is 277 g/mol. The van der Waals surface area contributed by atoms with Gasteiger partial charge in [-0.1, -0.05) is 19.9 Å². The summed E-state index contributed by atoms with van der Waals surface area (Å²) in [4.78, 5) is 8.79. The van der Waals surface area contributed by atoms with Crippen molar-refractivity contribution in [3.8, 4) is 0 Å². The normalized spacial score (nSPS) is 11.2. The maximum absolute atomic E-state index is 5.59. The third-order valence-corrected chi connectivity index (χ3v) is 3.65. The molecule has 0 radical (unpaired) electrons. The van der Waals surface area contributed by atoms with Gasteiger partial charge in [0.05, 0.1) is 5.69 Å². The van der Waals surface area contributed by atoms with Gasteiger partial charge in [0.15, 0.2) is 0 Å². The van der Waals surface area contributed by atoms with E-state index in [1.807, 2.05) is 19.9 Å². The van der Waals surface area contributed by atoms with Gasteiger partial charge in [0, 0.05) is 18.8 Å². The van der Waals surface area contributed by atoms with Gasteiger partial charge >= 0.3 is 0 Å². The Hall–Kier alpha value is -1.33. The molecule has 0 aliphatic heterocycles. The molecule has 2 aromatic heterocycles. The lowest BCUT2D eigenvalue weighted by molar-refractivity contribution is 0.430. The fraction of sp³-hybridized carbons (Fsp3) is 0.429. The van der Waals surface area contributed by atoms with Gasteiger partial charge in [-0.3, -0.25) is 0 Å². The highest BCUT2D eigenvalue weighted by atomic mass is 32.2. The second-order valence-electron chi connectivity index (χ2n) is 4.73. The van der Waals surface area contributed by atoms with Crippen LogP contribution in [-0.4, -0.2) is 16.0 Å². The van der Waals surface area contributed by atoms with Crippen LogP contribution in [0.1, 0.15) is 30.9 Å². The van der Waals surface area contributed by atoms with E-state index in [-0.39, 0.29) is 0 Å². The standard InChI is InChI=1S/C14H19N3OS/c1-9(2)16-8-12-6-5-7-15-13(12)19-14-17-10(3)11(4)18-14/h5-7,9,16H,8H2,1-4H3. The van der Waals surface area contributed by atoms with Crippen LogP contribution in [0.2, 0.25) is 0 Å². The van der Waals surface area contributed by atoms with Crippen molar-refractivity contribution >= 4 is 11.8 Å². The summed E-state index contributed by atoms with van der Waals surface area (Å²) in [5, 5.41) is 4.99. The lowest BCUT2D eigenvalue weighted by Crippen LogP contribution is -2.22. The molecule has 0 amide bonds. The Bertz CT molecular complexity index is 532. The number of aryl methyl sites for hydroxylation is 2. The third kappa shape index (κ3) is 3.81. The first-order valence-electron chi connectivity index (χ1n) is 6.35. The summed E-state index contributed by atoms with van der Waals surface area (Å²) in [5.74, 6) is 0.861. The Labute approximate surface area is 118 Å². The summed E-state index contributed by atoms with van der Waals surface area (Å²) < 4.78 is 5.59. The molecule has 0 fully saturated rings. The summed E-state index contributed by atoms with van der Waals surface area (Å²) in [6.45, 7) is 8.93. The summed E-state index contributed by atoms with van der Waals surface area (Å²) >= 11 is 1.47. The highest BCUT2D eigenvalue weighted by Gasteiger charge is 2.11. The van der Waals surface area contributed by atoms with Crippen molar-refractivity contribution in [2.75, 3.05) is 0 Å². The van der Waals surface area contributed by atoms with Gasteiger partial charge in [0.1, 0.15) is 10.8 Å². The molecule has 2 rings (SSSR count). The average Bonchev–Trinajstić information content (AvgIpc) is 2.67. The van der Waals surface area contributed by atoms with Crippen molar-refractivity contribution in [1.29, 1.82) is 0 Å². The van der Waals surface area contributed by atoms with E-state index in [4.69, 9.17) is 4.42 Å². The average molecular weight is 277 g/mol. The highest BCUT2D eigenvalue weighted by Crippen LogP contribution is 2.29. The van der Waals surface area contributed by atoms with Crippen LogP contribution in [-0.2, 0) is 6.54 Å². The Kier molecular flexibility index (Phi) is 4.61. The molecule has 0 saturated heterocycles. The van der Waals surface area contributed by atoms with Crippen molar-refractivity contribution in [3.05, 3.63) is 35.3 Å². The quantitative estimate of drug-likeness (QED) is 0.908. The van der Waals surface area contributed by atoms with Gasteiger partial charge in [-0.05, 0) is 37.2 Å². The van der Waals surface area contributed by atoms with Crippen LogP contribution in [0.4, 0.5) is 0 Å². The molecule has 19 heavy (non-hydrogen) atoms. The molecule has 0 aromatic carbocycles. The van der Waals surface area contributed by atoms with E-state index >= 15 is 0 Å². The lowest BCUT2D eigenvalue weighted by atomic mass is 10.2. The lowest BCUT2D eigenvalue weighted by Gasteiger charge is -2.10. The number of nitrogens with one attached hydrogen (secondary N) is 1. The first kappa shape index (κ1) is 14.1. The van der Waals surface area contributed by atoms with Crippen LogP contribution in [0.25, 0.3) is 0 Å². The SMILES string of the molecule is Cc1nc(Sc2ncccc2CNC(C)C)oc1C. The van der Waals surface area contributed by atoms with Crippen LogP contribution in [0.3, 0.4) is 0 Å². The molecule has 5 heteroatoms. The minimum atomic E-state index is 0.448. The van der Waals surface area contributed by atoms with Crippen molar-refractivity contribution < 1.29 is 4.42 Å². The molecular weight excluding hydrogens is 258 g/mol. The first-order valence-corrected chi connectivity index (χ1v) is 7.17.